The fourth-order valence-electron chi connectivity index (χ4n) is 2.94. The highest BCUT2D eigenvalue weighted by Crippen LogP contribution is 2.15. The van der Waals surface area contributed by atoms with Gasteiger partial charge in [-0.05, 0) is 24.3 Å². The highest BCUT2D eigenvalue weighted by atomic mass is 17.0. The standard InChI is InChI=1S/C16H8N4O7/c21-13-8-5-10-11(6-9(8)14(22)18(13)7-27-20(25)26)16(24)19(15(10)23)12-3-1-2-4-17-12/h1-6H,7H2. The van der Waals surface area contributed by atoms with Crippen LogP contribution in [0.3, 0.4) is 0 Å². The van der Waals surface area contributed by atoms with E-state index in [4.69, 9.17) is 0 Å². The molecule has 3 aromatic heterocycles. The Morgan fingerprint density at radius 2 is 1.48 bits per heavy atom. The first-order valence-electron chi connectivity index (χ1n) is 7.51. The number of rotatable bonds is 4. The molecule has 0 aliphatic heterocycles. The minimum atomic E-state index is -1.14. The molecule has 0 aliphatic rings. The van der Waals surface area contributed by atoms with Crippen molar-refractivity contribution in [1.29, 1.82) is 0 Å². The van der Waals surface area contributed by atoms with E-state index < -0.39 is 34.1 Å². The van der Waals surface area contributed by atoms with Crippen molar-refractivity contribution >= 4 is 21.5 Å². The first-order valence-corrected chi connectivity index (χ1v) is 7.51. The van der Waals surface area contributed by atoms with Gasteiger partial charge in [0.15, 0.2) is 6.73 Å². The van der Waals surface area contributed by atoms with E-state index >= 15 is 0 Å². The molecule has 0 saturated heterocycles. The summed E-state index contributed by atoms with van der Waals surface area (Å²) in [6, 6.07) is 6.98. The van der Waals surface area contributed by atoms with E-state index in [1.165, 1.54) is 12.3 Å². The van der Waals surface area contributed by atoms with Crippen LogP contribution in [0.4, 0.5) is 0 Å². The van der Waals surface area contributed by atoms with Gasteiger partial charge in [-0.25, -0.2) is 14.1 Å². The summed E-state index contributed by atoms with van der Waals surface area (Å²) >= 11 is 0. The number of nitrogens with zero attached hydrogens (tertiary/aromatic N) is 4. The molecule has 1 aromatic carbocycles. The Morgan fingerprint density at radius 1 is 0.926 bits per heavy atom. The van der Waals surface area contributed by atoms with Crippen LogP contribution >= 0.6 is 0 Å². The second-order valence-corrected chi connectivity index (χ2v) is 5.60. The van der Waals surface area contributed by atoms with Gasteiger partial charge in [0.05, 0.1) is 21.5 Å². The zero-order valence-electron chi connectivity index (χ0n) is 13.3. The van der Waals surface area contributed by atoms with Crippen LogP contribution in [0.5, 0.6) is 0 Å². The molecule has 3 heterocycles. The summed E-state index contributed by atoms with van der Waals surface area (Å²) in [5.41, 5.74) is -3.07. The van der Waals surface area contributed by atoms with Crippen molar-refractivity contribution in [2.24, 2.45) is 0 Å². The highest BCUT2D eigenvalue weighted by Gasteiger charge is 2.20. The largest absolute Gasteiger partial charge is 0.296 e. The average molecular weight is 368 g/mol. The maximum atomic E-state index is 12.6. The van der Waals surface area contributed by atoms with E-state index in [1.807, 2.05) is 0 Å². The van der Waals surface area contributed by atoms with Crippen LogP contribution < -0.4 is 22.2 Å². The SMILES string of the molecule is O=c1c2cc3c(=O)n(-c4ccccn4)c(=O)c3cc2c(=O)n1CO[N+](=O)[O-]. The lowest BCUT2D eigenvalue weighted by Crippen LogP contribution is -2.27. The summed E-state index contributed by atoms with van der Waals surface area (Å²) in [7, 11) is 0. The van der Waals surface area contributed by atoms with Crippen molar-refractivity contribution in [2.45, 2.75) is 6.73 Å². The van der Waals surface area contributed by atoms with E-state index in [0.717, 1.165) is 16.7 Å². The molecular weight excluding hydrogens is 360 g/mol. The van der Waals surface area contributed by atoms with Gasteiger partial charge in [-0.3, -0.25) is 24.0 Å². The molecule has 0 atom stereocenters. The second-order valence-electron chi connectivity index (χ2n) is 5.60. The quantitative estimate of drug-likeness (QED) is 0.345. The molecule has 27 heavy (non-hydrogen) atoms. The fourth-order valence-corrected chi connectivity index (χ4v) is 2.94. The van der Waals surface area contributed by atoms with Crippen molar-refractivity contribution in [2.75, 3.05) is 0 Å². The first kappa shape index (κ1) is 16.3. The summed E-state index contributed by atoms with van der Waals surface area (Å²) in [5, 5.41) is 8.79. The summed E-state index contributed by atoms with van der Waals surface area (Å²) in [6.45, 7) is -0.883. The minimum Gasteiger partial charge on any atom is -0.292 e. The maximum Gasteiger partial charge on any atom is 0.296 e. The molecule has 0 spiro atoms. The number of pyridine rings is 1. The van der Waals surface area contributed by atoms with E-state index in [2.05, 4.69) is 9.82 Å². The third kappa shape index (κ3) is 2.33. The van der Waals surface area contributed by atoms with Crippen molar-refractivity contribution in [3.05, 3.63) is 88.1 Å². The summed E-state index contributed by atoms with van der Waals surface area (Å²) in [4.78, 5) is 68.3. The van der Waals surface area contributed by atoms with Crippen LogP contribution in [0.25, 0.3) is 27.4 Å². The van der Waals surface area contributed by atoms with Crippen molar-refractivity contribution in [3.63, 3.8) is 0 Å². The van der Waals surface area contributed by atoms with Gasteiger partial charge in [0.25, 0.3) is 27.3 Å². The molecule has 11 nitrogen and oxygen atoms in total. The molecule has 0 N–H and O–H groups in total. The molecular formula is C16H8N4O7. The highest BCUT2D eigenvalue weighted by molar-refractivity contribution is 5.98. The van der Waals surface area contributed by atoms with Gasteiger partial charge in [-0.15, -0.1) is 10.1 Å². The minimum absolute atomic E-state index is 0.0532. The molecule has 0 amide bonds. The van der Waals surface area contributed by atoms with Crippen LogP contribution in [0.15, 0.2) is 55.7 Å². The van der Waals surface area contributed by atoms with E-state index in [0.29, 0.717) is 4.57 Å². The topological polar surface area (TPSA) is 143 Å². The van der Waals surface area contributed by atoms with Crippen LogP contribution in [0, 0.1) is 10.1 Å². The average Bonchev–Trinajstić information content (AvgIpc) is 3.04. The number of hydrogen-bond donors (Lipinski definition) is 0. The molecule has 0 saturated carbocycles. The molecule has 4 rings (SSSR count). The predicted octanol–water partition coefficient (Wildman–Crippen LogP) is -0.538. The van der Waals surface area contributed by atoms with Crippen LogP contribution in [-0.4, -0.2) is 19.2 Å². The van der Waals surface area contributed by atoms with Gasteiger partial charge in [0.2, 0.25) is 0 Å². The lowest BCUT2D eigenvalue weighted by atomic mass is 10.1. The number of aromatic nitrogens is 3. The predicted molar refractivity (Wildman–Crippen MR) is 92.1 cm³/mol. The maximum absolute atomic E-state index is 12.6. The number of fused-ring (bicyclic) bond motifs is 2. The zero-order valence-corrected chi connectivity index (χ0v) is 13.3. The zero-order chi connectivity index (χ0) is 19.3. The van der Waals surface area contributed by atoms with Crippen LogP contribution in [-0.2, 0) is 11.6 Å². The Morgan fingerprint density at radius 3 is 1.96 bits per heavy atom. The molecule has 0 aliphatic carbocycles. The van der Waals surface area contributed by atoms with Crippen molar-refractivity contribution in [1.82, 2.24) is 14.1 Å². The molecule has 0 radical (unpaired) electrons. The van der Waals surface area contributed by atoms with Crippen LogP contribution in [0.2, 0.25) is 0 Å². The molecule has 11 heteroatoms. The summed E-state index contributed by atoms with van der Waals surface area (Å²) in [5.74, 6) is 0.113. The van der Waals surface area contributed by atoms with Crippen LogP contribution in [0.1, 0.15) is 0 Å². The normalized spacial score (nSPS) is 11.3. The monoisotopic (exact) mass is 368 g/mol. The van der Waals surface area contributed by atoms with Gasteiger partial charge in [0, 0.05) is 6.20 Å². The van der Waals surface area contributed by atoms with Gasteiger partial charge in [-0.2, -0.15) is 0 Å². The van der Waals surface area contributed by atoms with E-state index in [-0.39, 0.29) is 27.4 Å². The van der Waals surface area contributed by atoms with Gasteiger partial charge in [0.1, 0.15) is 5.82 Å². The third-order valence-corrected chi connectivity index (χ3v) is 4.15. The second kappa shape index (κ2) is 5.69. The Hall–Kier alpha value is -4.15. The lowest BCUT2D eigenvalue weighted by molar-refractivity contribution is -0.767. The van der Waals surface area contributed by atoms with E-state index in [9.17, 15) is 29.3 Å². The smallest absolute Gasteiger partial charge is 0.292 e. The van der Waals surface area contributed by atoms with Gasteiger partial charge >= 0.3 is 0 Å². The fraction of sp³-hybridized carbons (Fsp3) is 0.0625. The van der Waals surface area contributed by atoms with Gasteiger partial charge < -0.3 is 0 Å². The molecule has 0 fully saturated rings. The Labute approximate surface area is 147 Å². The molecule has 0 bridgehead atoms. The number of hydrogen-bond acceptors (Lipinski definition) is 8. The lowest BCUT2D eigenvalue weighted by Gasteiger charge is -1.96. The summed E-state index contributed by atoms with van der Waals surface area (Å²) in [6.07, 6.45) is 1.42. The third-order valence-electron chi connectivity index (χ3n) is 4.15. The molecule has 0 unspecified atom stereocenters. The van der Waals surface area contributed by atoms with Gasteiger partial charge in [-0.1, -0.05) is 6.07 Å². The summed E-state index contributed by atoms with van der Waals surface area (Å²) < 4.78 is 1.37. The Kier molecular flexibility index (Phi) is 3.44. The Bertz CT molecular complexity index is 1350. The Balaban J connectivity index is 2.03. The van der Waals surface area contributed by atoms with Crippen molar-refractivity contribution < 1.29 is 9.92 Å². The first-order chi connectivity index (χ1) is 12.9. The molecule has 134 valence electrons. The number of benzene rings is 1. The molecule has 4 aromatic rings. The van der Waals surface area contributed by atoms with Crippen molar-refractivity contribution in [3.8, 4) is 5.82 Å². The van der Waals surface area contributed by atoms with E-state index in [1.54, 1.807) is 12.1 Å².